The lowest BCUT2D eigenvalue weighted by Crippen LogP contribution is -2.21. The normalized spacial score (nSPS) is 11.2. The summed E-state index contributed by atoms with van der Waals surface area (Å²) in [6.45, 7) is 5.41. The molecule has 0 aliphatic heterocycles. The summed E-state index contributed by atoms with van der Waals surface area (Å²) in [5.74, 6) is 0.225. The Hall–Kier alpha value is -5.06. The van der Waals surface area contributed by atoms with Crippen LogP contribution in [0, 0.1) is 17.0 Å². The molecule has 206 valence electrons. The molecule has 0 bridgehead atoms. The van der Waals surface area contributed by atoms with Crippen molar-refractivity contribution in [1.29, 1.82) is 0 Å². The average Bonchev–Trinajstić information content (AvgIpc) is 2.94. The quantitative estimate of drug-likeness (QED) is 0.126. The van der Waals surface area contributed by atoms with Crippen molar-refractivity contribution in [1.82, 2.24) is 9.66 Å². The van der Waals surface area contributed by atoms with Gasteiger partial charge >= 0.3 is 11.7 Å². The van der Waals surface area contributed by atoms with Crippen molar-refractivity contribution in [3.8, 4) is 22.9 Å². The standard InChI is InChI=1S/C29H28N4O7/c1-17(2)21-14-22(18(3)13-25(21)38-4)28-31-23-11-7-6-10-20(23)29(35)32(28)30-15-19-9-8-12-24(33(36)37)27(19)40-16-26(34)39-5/h6-15,17H,16H2,1-5H3. The third kappa shape index (κ3) is 5.53. The molecule has 0 aliphatic rings. The number of ether oxygens (including phenoxy) is 3. The van der Waals surface area contributed by atoms with Crippen LogP contribution in [0.3, 0.4) is 0 Å². The molecule has 0 unspecified atom stereocenters. The van der Waals surface area contributed by atoms with Gasteiger partial charge in [-0.05, 0) is 54.3 Å². The highest BCUT2D eigenvalue weighted by atomic mass is 16.6. The summed E-state index contributed by atoms with van der Waals surface area (Å²) < 4.78 is 16.8. The van der Waals surface area contributed by atoms with E-state index in [2.05, 4.69) is 9.84 Å². The summed E-state index contributed by atoms with van der Waals surface area (Å²) in [7, 11) is 2.79. The molecule has 0 fully saturated rings. The van der Waals surface area contributed by atoms with Crippen molar-refractivity contribution < 1.29 is 23.9 Å². The first-order valence-electron chi connectivity index (χ1n) is 12.4. The van der Waals surface area contributed by atoms with Gasteiger partial charge in [0.15, 0.2) is 12.4 Å². The largest absolute Gasteiger partial charge is 0.496 e. The van der Waals surface area contributed by atoms with E-state index in [-0.39, 0.29) is 28.7 Å². The molecule has 0 spiro atoms. The Labute approximate surface area is 229 Å². The lowest BCUT2D eigenvalue weighted by atomic mass is 9.96. The summed E-state index contributed by atoms with van der Waals surface area (Å²) in [6, 6.07) is 15.0. The van der Waals surface area contributed by atoms with Gasteiger partial charge in [0.1, 0.15) is 5.75 Å². The molecule has 3 aromatic carbocycles. The van der Waals surface area contributed by atoms with Crippen molar-refractivity contribution in [3.05, 3.63) is 91.8 Å². The summed E-state index contributed by atoms with van der Waals surface area (Å²) in [5, 5.41) is 16.5. The number of methoxy groups -OCH3 is 2. The monoisotopic (exact) mass is 544 g/mol. The van der Waals surface area contributed by atoms with E-state index in [9.17, 15) is 19.7 Å². The van der Waals surface area contributed by atoms with Crippen LogP contribution in [-0.4, -0.2) is 47.6 Å². The van der Waals surface area contributed by atoms with Gasteiger partial charge in [-0.3, -0.25) is 14.9 Å². The average molecular weight is 545 g/mol. The van der Waals surface area contributed by atoms with Gasteiger partial charge in [-0.25, -0.2) is 9.78 Å². The number of hydrogen-bond donors (Lipinski definition) is 0. The van der Waals surface area contributed by atoms with Gasteiger partial charge in [0.2, 0.25) is 5.75 Å². The van der Waals surface area contributed by atoms with Crippen LogP contribution in [0.4, 0.5) is 5.69 Å². The van der Waals surface area contributed by atoms with Crippen molar-refractivity contribution in [2.24, 2.45) is 5.10 Å². The summed E-state index contributed by atoms with van der Waals surface area (Å²) >= 11 is 0. The lowest BCUT2D eigenvalue weighted by molar-refractivity contribution is -0.385. The molecule has 0 saturated carbocycles. The van der Waals surface area contributed by atoms with E-state index in [1.165, 1.54) is 31.5 Å². The molecular formula is C29H28N4O7. The number of carbonyl (C=O) groups excluding carboxylic acids is 1. The predicted molar refractivity (Wildman–Crippen MR) is 150 cm³/mol. The molecule has 40 heavy (non-hydrogen) atoms. The van der Waals surface area contributed by atoms with Crippen LogP contribution in [0.25, 0.3) is 22.3 Å². The number of benzene rings is 3. The molecule has 1 aromatic heterocycles. The Bertz CT molecular complexity index is 1690. The number of aromatic nitrogens is 2. The van der Waals surface area contributed by atoms with E-state index < -0.39 is 23.1 Å². The van der Waals surface area contributed by atoms with Crippen LogP contribution in [0.5, 0.6) is 11.5 Å². The van der Waals surface area contributed by atoms with Crippen LogP contribution in [0.2, 0.25) is 0 Å². The number of carbonyl (C=O) groups is 1. The zero-order chi connectivity index (χ0) is 29.0. The Morgan fingerprint density at radius 3 is 2.58 bits per heavy atom. The predicted octanol–water partition coefficient (Wildman–Crippen LogP) is 4.85. The van der Waals surface area contributed by atoms with E-state index in [1.807, 2.05) is 32.9 Å². The van der Waals surface area contributed by atoms with Crippen molar-refractivity contribution >= 4 is 28.8 Å². The Balaban J connectivity index is 1.95. The van der Waals surface area contributed by atoms with E-state index in [0.717, 1.165) is 21.6 Å². The maximum absolute atomic E-state index is 13.7. The molecule has 4 rings (SSSR count). The van der Waals surface area contributed by atoms with Crippen molar-refractivity contribution in [2.45, 2.75) is 26.7 Å². The van der Waals surface area contributed by atoms with Gasteiger partial charge in [0, 0.05) is 17.2 Å². The third-order valence-electron chi connectivity index (χ3n) is 6.29. The number of para-hydroxylation sites is 2. The fourth-order valence-electron chi connectivity index (χ4n) is 4.23. The van der Waals surface area contributed by atoms with E-state index >= 15 is 0 Å². The second-order valence-corrected chi connectivity index (χ2v) is 9.20. The van der Waals surface area contributed by atoms with Gasteiger partial charge < -0.3 is 14.2 Å². The molecule has 0 aliphatic carbocycles. The minimum absolute atomic E-state index is 0.123. The molecule has 0 saturated heterocycles. The summed E-state index contributed by atoms with van der Waals surface area (Å²) in [4.78, 5) is 41.2. The SMILES string of the molecule is COC(=O)COc1c(C=Nn2c(-c3cc(C(C)C)c(OC)cc3C)nc3ccccc3c2=O)cccc1[N+](=O)[O-]. The molecule has 0 amide bonds. The molecule has 0 N–H and O–H groups in total. The molecular weight excluding hydrogens is 516 g/mol. The van der Waals surface area contributed by atoms with Gasteiger partial charge in [0.25, 0.3) is 5.56 Å². The Morgan fingerprint density at radius 1 is 1.15 bits per heavy atom. The summed E-state index contributed by atoms with van der Waals surface area (Å²) in [5.41, 5.74) is 2.28. The highest BCUT2D eigenvalue weighted by Crippen LogP contribution is 2.34. The number of hydrogen-bond acceptors (Lipinski definition) is 9. The molecule has 4 aromatic rings. The highest BCUT2D eigenvalue weighted by Gasteiger charge is 2.21. The van der Waals surface area contributed by atoms with Gasteiger partial charge in [-0.1, -0.05) is 32.0 Å². The van der Waals surface area contributed by atoms with E-state index in [0.29, 0.717) is 16.5 Å². The van der Waals surface area contributed by atoms with Gasteiger partial charge in [-0.15, -0.1) is 0 Å². The molecule has 0 atom stereocenters. The number of nitro groups is 1. The van der Waals surface area contributed by atoms with E-state index in [4.69, 9.17) is 14.5 Å². The first-order valence-corrected chi connectivity index (χ1v) is 12.4. The number of aryl methyl sites for hydroxylation is 1. The first kappa shape index (κ1) is 28.0. The number of fused-ring (bicyclic) bond motifs is 1. The molecule has 11 heteroatoms. The number of esters is 1. The lowest BCUT2D eigenvalue weighted by Gasteiger charge is -2.17. The van der Waals surface area contributed by atoms with Crippen LogP contribution in [0.1, 0.15) is 36.5 Å². The van der Waals surface area contributed by atoms with Crippen LogP contribution in [-0.2, 0) is 9.53 Å². The van der Waals surface area contributed by atoms with Crippen molar-refractivity contribution in [3.63, 3.8) is 0 Å². The molecule has 11 nitrogen and oxygen atoms in total. The van der Waals surface area contributed by atoms with Crippen LogP contribution >= 0.6 is 0 Å². The fraction of sp³-hybridized carbons (Fsp3) is 0.241. The van der Waals surface area contributed by atoms with E-state index in [1.54, 1.807) is 31.4 Å². The Morgan fingerprint density at radius 2 is 1.90 bits per heavy atom. The minimum atomic E-state index is -0.714. The second kappa shape index (κ2) is 11.8. The zero-order valence-corrected chi connectivity index (χ0v) is 22.7. The highest BCUT2D eigenvalue weighted by molar-refractivity contribution is 5.87. The fourth-order valence-corrected chi connectivity index (χ4v) is 4.23. The Kier molecular flexibility index (Phi) is 8.23. The summed E-state index contributed by atoms with van der Waals surface area (Å²) in [6.07, 6.45) is 1.27. The molecule has 0 radical (unpaired) electrons. The number of nitro benzene ring substituents is 1. The number of nitrogens with zero attached hydrogens (tertiary/aromatic N) is 4. The minimum Gasteiger partial charge on any atom is -0.496 e. The zero-order valence-electron chi connectivity index (χ0n) is 22.7. The van der Waals surface area contributed by atoms with Crippen LogP contribution in [0.15, 0.2) is 64.5 Å². The second-order valence-electron chi connectivity index (χ2n) is 9.20. The first-order chi connectivity index (χ1) is 19.2. The smallest absolute Gasteiger partial charge is 0.343 e. The van der Waals surface area contributed by atoms with Gasteiger partial charge in [0.05, 0.1) is 36.3 Å². The van der Waals surface area contributed by atoms with Gasteiger partial charge in [-0.2, -0.15) is 9.78 Å². The maximum Gasteiger partial charge on any atom is 0.343 e. The maximum atomic E-state index is 13.7. The van der Waals surface area contributed by atoms with Crippen molar-refractivity contribution in [2.75, 3.05) is 20.8 Å². The van der Waals surface area contributed by atoms with Crippen LogP contribution < -0.4 is 15.0 Å². The number of rotatable bonds is 9. The third-order valence-corrected chi connectivity index (χ3v) is 6.29. The topological polar surface area (TPSA) is 135 Å². The molecule has 1 heterocycles.